The van der Waals surface area contributed by atoms with Crippen LogP contribution in [0.25, 0.3) is 11.3 Å². The largest absolute Gasteiger partial charge is 0.481 e. The lowest BCUT2D eigenvalue weighted by molar-refractivity contribution is -0.136. The standard InChI is InChI=1S/C29H30FN3O5S/c1-3-33(4-2)14-15-39(37,38)23-11-9-22(10-12-23)31-28(20-7-5-6-19(16-20)17-26(34)35)27-24-13-8-21(30)18-25(24)32-29(27)36/h5-13,16,18,31H,3-4,14-15,17H2,1-2H3,(H,32,36)(H,34,35)/b28-27-. The molecule has 0 saturated heterocycles. The maximum absolute atomic E-state index is 13.8. The molecule has 8 nitrogen and oxygen atoms in total. The van der Waals surface area contributed by atoms with E-state index in [0.29, 0.717) is 40.3 Å². The highest BCUT2D eigenvalue weighted by Gasteiger charge is 2.29. The maximum Gasteiger partial charge on any atom is 0.307 e. The van der Waals surface area contributed by atoms with Gasteiger partial charge >= 0.3 is 5.97 Å². The molecular weight excluding hydrogens is 521 g/mol. The molecule has 1 amide bonds. The number of carboxylic acid groups (broad SMARTS) is 1. The molecule has 0 spiro atoms. The average Bonchev–Trinajstić information content (AvgIpc) is 3.22. The van der Waals surface area contributed by atoms with Gasteiger partial charge in [-0.3, -0.25) is 9.59 Å². The number of nitrogens with one attached hydrogen (secondary N) is 2. The van der Waals surface area contributed by atoms with Gasteiger partial charge in [0.15, 0.2) is 9.84 Å². The fraction of sp³-hybridized carbons (Fsp3) is 0.241. The molecule has 3 N–H and O–H groups in total. The van der Waals surface area contributed by atoms with Gasteiger partial charge in [-0.15, -0.1) is 0 Å². The van der Waals surface area contributed by atoms with Gasteiger partial charge in [0, 0.05) is 17.8 Å². The number of anilines is 2. The van der Waals surface area contributed by atoms with Crippen LogP contribution >= 0.6 is 0 Å². The number of aliphatic carboxylic acids is 1. The molecule has 0 radical (unpaired) electrons. The molecule has 0 aliphatic carbocycles. The molecule has 4 rings (SSSR count). The molecule has 3 aromatic rings. The molecule has 0 bridgehead atoms. The summed E-state index contributed by atoms with van der Waals surface area (Å²) in [6.07, 6.45) is -0.204. The van der Waals surface area contributed by atoms with Crippen molar-refractivity contribution in [3.05, 3.63) is 89.2 Å². The van der Waals surface area contributed by atoms with Crippen molar-refractivity contribution in [1.29, 1.82) is 0 Å². The minimum Gasteiger partial charge on any atom is -0.481 e. The van der Waals surface area contributed by atoms with Crippen molar-refractivity contribution in [1.82, 2.24) is 4.90 Å². The highest BCUT2D eigenvalue weighted by molar-refractivity contribution is 7.91. The van der Waals surface area contributed by atoms with E-state index >= 15 is 0 Å². The Balaban J connectivity index is 1.72. The molecule has 0 aromatic heterocycles. The summed E-state index contributed by atoms with van der Waals surface area (Å²) in [5, 5.41) is 15.2. The Morgan fingerprint density at radius 3 is 2.41 bits per heavy atom. The number of fused-ring (bicyclic) bond motifs is 1. The number of amides is 1. The lowest BCUT2D eigenvalue weighted by Crippen LogP contribution is -2.29. The first-order valence-electron chi connectivity index (χ1n) is 12.6. The molecule has 1 aliphatic heterocycles. The first-order chi connectivity index (χ1) is 18.6. The lowest BCUT2D eigenvalue weighted by Gasteiger charge is -2.18. The van der Waals surface area contributed by atoms with E-state index in [-0.39, 0.29) is 22.6 Å². The smallest absolute Gasteiger partial charge is 0.307 e. The monoisotopic (exact) mass is 551 g/mol. The molecule has 0 fully saturated rings. The highest BCUT2D eigenvalue weighted by atomic mass is 32.2. The van der Waals surface area contributed by atoms with Crippen LogP contribution in [-0.2, 0) is 25.8 Å². The Morgan fingerprint density at radius 1 is 1.03 bits per heavy atom. The van der Waals surface area contributed by atoms with Crippen molar-refractivity contribution in [2.24, 2.45) is 0 Å². The van der Waals surface area contributed by atoms with E-state index < -0.39 is 27.5 Å². The number of hydrogen-bond acceptors (Lipinski definition) is 6. The van der Waals surface area contributed by atoms with Gasteiger partial charge < -0.3 is 20.6 Å². The van der Waals surface area contributed by atoms with Gasteiger partial charge in [-0.25, -0.2) is 12.8 Å². The highest BCUT2D eigenvalue weighted by Crippen LogP contribution is 2.38. The third-order valence-electron chi connectivity index (χ3n) is 6.60. The van der Waals surface area contributed by atoms with E-state index in [1.54, 1.807) is 36.4 Å². The predicted octanol–water partition coefficient (Wildman–Crippen LogP) is 4.50. The van der Waals surface area contributed by atoms with E-state index in [0.717, 1.165) is 13.1 Å². The summed E-state index contributed by atoms with van der Waals surface area (Å²) in [6, 6.07) is 17.0. The first kappa shape index (κ1) is 28.0. The van der Waals surface area contributed by atoms with Gasteiger partial charge in [0.1, 0.15) is 5.82 Å². The Kier molecular flexibility index (Phi) is 8.47. The predicted molar refractivity (Wildman–Crippen MR) is 150 cm³/mol. The zero-order chi connectivity index (χ0) is 28.2. The van der Waals surface area contributed by atoms with Crippen LogP contribution in [0.4, 0.5) is 15.8 Å². The fourth-order valence-corrected chi connectivity index (χ4v) is 5.77. The Morgan fingerprint density at radius 2 is 1.74 bits per heavy atom. The number of halogens is 1. The molecule has 1 heterocycles. The van der Waals surface area contributed by atoms with Gasteiger partial charge in [0.25, 0.3) is 5.91 Å². The van der Waals surface area contributed by atoms with Gasteiger partial charge in [-0.2, -0.15) is 0 Å². The van der Waals surface area contributed by atoms with Gasteiger partial charge in [0.2, 0.25) is 0 Å². The van der Waals surface area contributed by atoms with Crippen LogP contribution in [0.5, 0.6) is 0 Å². The summed E-state index contributed by atoms with van der Waals surface area (Å²) in [4.78, 5) is 26.6. The van der Waals surface area contributed by atoms with Gasteiger partial charge in [0.05, 0.1) is 34.0 Å². The van der Waals surface area contributed by atoms with Crippen LogP contribution < -0.4 is 10.6 Å². The summed E-state index contributed by atoms with van der Waals surface area (Å²) in [5.41, 5.74) is 3.05. The van der Waals surface area contributed by atoms with Crippen LogP contribution in [0.1, 0.15) is 30.5 Å². The van der Waals surface area contributed by atoms with Crippen molar-refractivity contribution in [2.45, 2.75) is 25.2 Å². The zero-order valence-corrected chi connectivity index (χ0v) is 22.5. The van der Waals surface area contributed by atoms with Crippen molar-refractivity contribution >= 4 is 44.4 Å². The first-order valence-corrected chi connectivity index (χ1v) is 14.3. The van der Waals surface area contributed by atoms with Crippen molar-refractivity contribution in [2.75, 3.05) is 36.0 Å². The van der Waals surface area contributed by atoms with Crippen LogP contribution in [0.2, 0.25) is 0 Å². The van der Waals surface area contributed by atoms with Crippen molar-refractivity contribution < 1.29 is 27.5 Å². The number of hydrogen-bond donors (Lipinski definition) is 3. The molecule has 39 heavy (non-hydrogen) atoms. The summed E-state index contributed by atoms with van der Waals surface area (Å²) >= 11 is 0. The molecule has 0 saturated carbocycles. The topological polar surface area (TPSA) is 116 Å². The summed E-state index contributed by atoms with van der Waals surface area (Å²) in [5.74, 6) is -1.93. The van der Waals surface area contributed by atoms with Gasteiger partial charge in [-0.1, -0.05) is 32.0 Å². The number of rotatable bonds is 11. The second-order valence-electron chi connectivity index (χ2n) is 9.16. The molecule has 204 valence electrons. The number of benzene rings is 3. The van der Waals surface area contributed by atoms with Crippen LogP contribution in [0.15, 0.2) is 71.6 Å². The van der Waals surface area contributed by atoms with Crippen molar-refractivity contribution in [3.8, 4) is 0 Å². The van der Waals surface area contributed by atoms with Crippen LogP contribution in [0, 0.1) is 5.82 Å². The number of nitrogens with zero attached hydrogens (tertiary/aromatic N) is 1. The van der Waals surface area contributed by atoms with E-state index in [1.807, 2.05) is 18.7 Å². The van der Waals surface area contributed by atoms with Crippen LogP contribution in [-0.4, -0.2) is 55.7 Å². The molecular formula is C29H30FN3O5S. The Labute approximate surface area is 227 Å². The van der Waals surface area contributed by atoms with E-state index in [1.165, 1.54) is 30.3 Å². The van der Waals surface area contributed by atoms with Crippen LogP contribution in [0.3, 0.4) is 0 Å². The second kappa shape index (κ2) is 11.8. The third kappa shape index (κ3) is 6.52. The van der Waals surface area contributed by atoms with Gasteiger partial charge in [-0.05, 0) is 72.7 Å². The number of carboxylic acids is 1. The normalized spacial score (nSPS) is 14.2. The zero-order valence-electron chi connectivity index (χ0n) is 21.7. The minimum absolute atomic E-state index is 0.000635. The number of carbonyl (C=O) groups excluding carboxylic acids is 1. The third-order valence-corrected chi connectivity index (χ3v) is 8.31. The summed E-state index contributed by atoms with van der Waals surface area (Å²) in [7, 11) is -3.50. The molecule has 1 aliphatic rings. The Hall–Kier alpha value is -4.02. The number of carbonyl (C=O) groups is 2. The summed E-state index contributed by atoms with van der Waals surface area (Å²) < 4.78 is 39.6. The van der Waals surface area contributed by atoms with E-state index in [2.05, 4.69) is 10.6 Å². The molecule has 3 aromatic carbocycles. The maximum atomic E-state index is 13.8. The quantitative estimate of drug-likeness (QED) is 0.301. The molecule has 10 heteroatoms. The van der Waals surface area contributed by atoms with E-state index in [9.17, 15) is 27.5 Å². The fourth-order valence-electron chi connectivity index (χ4n) is 4.48. The van der Waals surface area contributed by atoms with Crippen molar-refractivity contribution in [3.63, 3.8) is 0 Å². The SMILES string of the molecule is CCN(CC)CCS(=O)(=O)c1ccc(N/C(=C2\C(=O)Nc3cc(F)ccc32)c2cccc(CC(=O)O)c2)cc1. The summed E-state index contributed by atoms with van der Waals surface area (Å²) in [6.45, 7) is 5.94. The van der Waals surface area contributed by atoms with E-state index in [4.69, 9.17) is 0 Å². The number of sulfone groups is 1. The molecule has 0 atom stereocenters. The second-order valence-corrected chi connectivity index (χ2v) is 11.3. The lowest BCUT2D eigenvalue weighted by atomic mass is 9.98. The average molecular weight is 552 g/mol. The minimum atomic E-state index is -3.50. The Bertz CT molecular complexity index is 1530. The molecule has 0 unspecified atom stereocenters.